The van der Waals surface area contributed by atoms with Gasteiger partial charge in [0, 0.05) is 30.9 Å². The first-order chi connectivity index (χ1) is 11.2. The van der Waals surface area contributed by atoms with Crippen molar-refractivity contribution in [3.8, 4) is 0 Å². The monoisotopic (exact) mass is 309 g/mol. The minimum atomic E-state index is -0.201. The number of anilines is 2. The number of nitrogens with one attached hydrogen (secondary N) is 2. The summed E-state index contributed by atoms with van der Waals surface area (Å²) in [6.07, 6.45) is 4.06. The van der Waals surface area contributed by atoms with E-state index >= 15 is 0 Å². The van der Waals surface area contributed by atoms with Crippen LogP contribution in [0.2, 0.25) is 0 Å². The SMILES string of the molecule is Nc1nc(N2CCC(c3ccc4[nH]ccc4c3)CC2)cc(=O)[nH]1. The fraction of sp³-hybridized carbons (Fsp3) is 0.294. The summed E-state index contributed by atoms with van der Waals surface area (Å²) >= 11 is 0. The average Bonchev–Trinajstić information content (AvgIpc) is 3.01. The lowest BCUT2D eigenvalue weighted by atomic mass is 9.89. The average molecular weight is 309 g/mol. The number of nitrogens with zero attached hydrogens (tertiary/aromatic N) is 2. The highest BCUT2D eigenvalue weighted by Gasteiger charge is 2.22. The third-order valence-electron chi connectivity index (χ3n) is 4.61. The predicted molar refractivity (Wildman–Crippen MR) is 91.8 cm³/mol. The van der Waals surface area contributed by atoms with Crippen molar-refractivity contribution in [1.29, 1.82) is 0 Å². The molecule has 1 aliphatic rings. The van der Waals surface area contributed by atoms with E-state index in [1.54, 1.807) is 0 Å². The van der Waals surface area contributed by atoms with E-state index in [0.717, 1.165) is 25.9 Å². The smallest absolute Gasteiger partial charge is 0.254 e. The van der Waals surface area contributed by atoms with E-state index in [0.29, 0.717) is 11.7 Å². The molecule has 0 unspecified atom stereocenters. The highest BCUT2D eigenvalue weighted by Crippen LogP contribution is 2.31. The maximum absolute atomic E-state index is 11.5. The fourth-order valence-electron chi connectivity index (χ4n) is 3.39. The Morgan fingerprint density at radius 1 is 1.17 bits per heavy atom. The molecule has 2 aromatic heterocycles. The third kappa shape index (κ3) is 2.67. The minimum absolute atomic E-state index is 0.174. The summed E-state index contributed by atoms with van der Waals surface area (Å²) in [5.74, 6) is 1.39. The first-order valence-corrected chi connectivity index (χ1v) is 7.88. The topological polar surface area (TPSA) is 90.8 Å². The van der Waals surface area contributed by atoms with Crippen LogP contribution in [0.15, 0.2) is 41.3 Å². The van der Waals surface area contributed by atoms with Crippen LogP contribution in [0.1, 0.15) is 24.3 Å². The van der Waals surface area contributed by atoms with Gasteiger partial charge in [-0.1, -0.05) is 6.07 Å². The van der Waals surface area contributed by atoms with E-state index in [2.05, 4.69) is 44.1 Å². The molecule has 6 heteroatoms. The summed E-state index contributed by atoms with van der Waals surface area (Å²) < 4.78 is 0. The zero-order valence-electron chi connectivity index (χ0n) is 12.7. The van der Waals surface area contributed by atoms with Crippen LogP contribution in [0, 0.1) is 0 Å². The van der Waals surface area contributed by atoms with E-state index < -0.39 is 0 Å². The van der Waals surface area contributed by atoms with Gasteiger partial charge >= 0.3 is 0 Å². The van der Waals surface area contributed by atoms with Crippen LogP contribution in [0.5, 0.6) is 0 Å². The summed E-state index contributed by atoms with van der Waals surface area (Å²) in [5, 5.41) is 1.26. The van der Waals surface area contributed by atoms with Crippen molar-refractivity contribution in [3.05, 3.63) is 52.4 Å². The summed E-state index contributed by atoms with van der Waals surface area (Å²) in [7, 11) is 0. The lowest BCUT2D eigenvalue weighted by molar-refractivity contribution is 0.503. The Morgan fingerprint density at radius 2 is 2.00 bits per heavy atom. The molecule has 1 aliphatic heterocycles. The number of hydrogen-bond donors (Lipinski definition) is 3. The molecule has 23 heavy (non-hydrogen) atoms. The van der Waals surface area contributed by atoms with Crippen molar-refractivity contribution in [2.75, 3.05) is 23.7 Å². The number of rotatable bonds is 2. The first-order valence-electron chi connectivity index (χ1n) is 7.88. The Bertz CT molecular complexity index is 889. The molecule has 4 rings (SSSR count). The molecule has 1 aromatic carbocycles. The van der Waals surface area contributed by atoms with Gasteiger partial charge in [-0.3, -0.25) is 9.78 Å². The van der Waals surface area contributed by atoms with Crippen molar-refractivity contribution >= 4 is 22.7 Å². The van der Waals surface area contributed by atoms with Crippen molar-refractivity contribution < 1.29 is 0 Å². The Hall–Kier alpha value is -2.76. The first kappa shape index (κ1) is 13.9. The predicted octanol–water partition coefficient (Wildman–Crippen LogP) is 2.22. The van der Waals surface area contributed by atoms with E-state index in [9.17, 15) is 4.79 Å². The van der Waals surface area contributed by atoms with Crippen LogP contribution in [0.4, 0.5) is 11.8 Å². The number of H-pyrrole nitrogens is 2. The Labute approximate surface area is 133 Å². The second-order valence-corrected chi connectivity index (χ2v) is 6.07. The fourth-order valence-corrected chi connectivity index (χ4v) is 3.39. The zero-order chi connectivity index (χ0) is 15.8. The molecule has 118 valence electrons. The van der Waals surface area contributed by atoms with Gasteiger partial charge < -0.3 is 15.6 Å². The number of aromatic amines is 2. The minimum Gasteiger partial charge on any atom is -0.369 e. The summed E-state index contributed by atoms with van der Waals surface area (Å²) in [4.78, 5) is 23.6. The number of hydrogen-bond acceptors (Lipinski definition) is 4. The Kier molecular flexibility index (Phi) is 3.29. The molecular formula is C17H19N5O. The number of fused-ring (bicyclic) bond motifs is 1. The molecule has 0 spiro atoms. The standard InChI is InChI=1S/C17H19N5O/c18-17-20-15(10-16(23)21-17)22-7-4-11(5-8-22)12-1-2-14-13(9-12)3-6-19-14/h1-3,6,9-11,19H,4-5,7-8H2,(H3,18,20,21,23). The maximum Gasteiger partial charge on any atom is 0.254 e. The third-order valence-corrected chi connectivity index (χ3v) is 4.61. The van der Waals surface area contributed by atoms with Gasteiger partial charge in [-0.25, -0.2) is 0 Å². The second kappa shape index (κ2) is 5.46. The Balaban J connectivity index is 1.51. The molecule has 3 aromatic rings. The largest absolute Gasteiger partial charge is 0.369 e. The molecule has 6 nitrogen and oxygen atoms in total. The highest BCUT2D eigenvalue weighted by atomic mass is 16.1. The van der Waals surface area contributed by atoms with E-state index in [-0.39, 0.29) is 11.5 Å². The molecule has 0 bridgehead atoms. The summed E-state index contributed by atoms with van der Waals surface area (Å²) in [5.41, 5.74) is 7.99. The van der Waals surface area contributed by atoms with Gasteiger partial charge in [-0.2, -0.15) is 4.98 Å². The van der Waals surface area contributed by atoms with E-state index in [1.807, 2.05) is 6.20 Å². The quantitative estimate of drug-likeness (QED) is 0.677. The van der Waals surface area contributed by atoms with Gasteiger partial charge in [0.05, 0.1) is 0 Å². The molecule has 0 saturated carbocycles. The molecule has 0 radical (unpaired) electrons. The molecular weight excluding hydrogens is 290 g/mol. The maximum atomic E-state index is 11.5. The molecule has 0 aliphatic carbocycles. The van der Waals surface area contributed by atoms with Gasteiger partial charge in [-0.15, -0.1) is 0 Å². The van der Waals surface area contributed by atoms with Crippen molar-refractivity contribution in [1.82, 2.24) is 15.0 Å². The molecule has 1 fully saturated rings. The van der Waals surface area contributed by atoms with Gasteiger partial charge in [0.15, 0.2) is 0 Å². The lowest BCUT2D eigenvalue weighted by Gasteiger charge is -2.33. The summed E-state index contributed by atoms with van der Waals surface area (Å²) in [6.45, 7) is 1.76. The van der Waals surface area contributed by atoms with E-state index in [4.69, 9.17) is 5.73 Å². The molecule has 1 saturated heterocycles. The van der Waals surface area contributed by atoms with Gasteiger partial charge in [0.2, 0.25) is 5.95 Å². The van der Waals surface area contributed by atoms with Crippen LogP contribution in [-0.4, -0.2) is 28.0 Å². The van der Waals surface area contributed by atoms with Crippen LogP contribution in [0.3, 0.4) is 0 Å². The summed E-state index contributed by atoms with van der Waals surface area (Å²) in [6, 6.07) is 10.3. The molecule has 0 atom stereocenters. The van der Waals surface area contributed by atoms with Gasteiger partial charge in [-0.05, 0) is 47.9 Å². The highest BCUT2D eigenvalue weighted by molar-refractivity contribution is 5.80. The van der Waals surface area contributed by atoms with Gasteiger partial charge in [0.25, 0.3) is 5.56 Å². The lowest BCUT2D eigenvalue weighted by Crippen LogP contribution is -2.34. The zero-order valence-corrected chi connectivity index (χ0v) is 12.7. The number of aromatic nitrogens is 3. The van der Waals surface area contributed by atoms with Crippen molar-refractivity contribution in [2.24, 2.45) is 0 Å². The van der Waals surface area contributed by atoms with Crippen LogP contribution in [0.25, 0.3) is 10.9 Å². The molecule has 0 amide bonds. The van der Waals surface area contributed by atoms with Crippen LogP contribution >= 0.6 is 0 Å². The van der Waals surface area contributed by atoms with Crippen molar-refractivity contribution in [2.45, 2.75) is 18.8 Å². The van der Waals surface area contributed by atoms with Crippen molar-refractivity contribution in [3.63, 3.8) is 0 Å². The number of nitrogens with two attached hydrogens (primary N) is 1. The number of piperidine rings is 1. The molecule has 4 N–H and O–H groups in total. The van der Waals surface area contributed by atoms with Crippen LogP contribution in [-0.2, 0) is 0 Å². The van der Waals surface area contributed by atoms with Gasteiger partial charge in [0.1, 0.15) is 5.82 Å². The van der Waals surface area contributed by atoms with Crippen LogP contribution < -0.4 is 16.2 Å². The number of nitrogen functional groups attached to an aromatic ring is 1. The Morgan fingerprint density at radius 3 is 2.78 bits per heavy atom. The normalized spacial score (nSPS) is 16.1. The molecule has 3 heterocycles. The van der Waals surface area contributed by atoms with E-state index in [1.165, 1.54) is 22.5 Å². The second-order valence-electron chi connectivity index (χ2n) is 6.07. The number of benzene rings is 1.